The molecule has 2 N–H and O–H groups in total. The standard InChI is InChI=1S/C21H27BrO2/c1-13-11-14-12-15(23)3-4-16(14)17-5-7-20(2)18(19(13)17)6-8-21(20,24)9-10-22/h3-4,9-10,12-13,17-19,23-24H,5-8,11H2,1-2H3/b10-9-/t13-,17-,18+,19-,20+,21-/m1/s1. The van der Waals surface area contributed by atoms with E-state index in [9.17, 15) is 10.2 Å². The van der Waals surface area contributed by atoms with Crippen molar-refractivity contribution in [3.8, 4) is 5.75 Å². The normalized spacial score (nSPS) is 44.2. The molecule has 3 aliphatic rings. The van der Waals surface area contributed by atoms with Gasteiger partial charge < -0.3 is 10.2 Å². The van der Waals surface area contributed by atoms with Gasteiger partial charge in [0.1, 0.15) is 5.75 Å². The highest BCUT2D eigenvalue weighted by molar-refractivity contribution is 9.11. The van der Waals surface area contributed by atoms with E-state index in [0.717, 1.165) is 32.1 Å². The largest absolute Gasteiger partial charge is 0.508 e. The van der Waals surface area contributed by atoms with Gasteiger partial charge in [0.15, 0.2) is 0 Å². The van der Waals surface area contributed by atoms with Crippen LogP contribution in [0.4, 0.5) is 0 Å². The maximum Gasteiger partial charge on any atom is 0.115 e. The summed E-state index contributed by atoms with van der Waals surface area (Å²) in [6.07, 6.45) is 7.22. The maximum absolute atomic E-state index is 11.3. The van der Waals surface area contributed by atoms with Crippen molar-refractivity contribution in [1.29, 1.82) is 0 Å². The molecule has 3 heteroatoms. The first-order chi connectivity index (χ1) is 11.4. The average molecular weight is 391 g/mol. The summed E-state index contributed by atoms with van der Waals surface area (Å²) >= 11 is 3.38. The van der Waals surface area contributed by atoms with Crippen LogP contribution in [0.5, 0.6) is 5.75 Å². The van der Waals surface area contributed by atoms with Crippen LogP contribution in [0.3, 0.4) is 0 Å². The third-order valence-corrected chi connectivity index (χ3v) is 7.88. The first kappa shape index (κ1) is 16.7. The molecule has 0 saturated heterocycles. The Morgan fingerprint density at radius 2 is 2.04 bits per heavy atom. The van der Waals surface area contributed by atoms with Crippen molar-refractivity contribution in [3.05, 3.63) is 40.4 Å². The summed E-state index contributed by atoms with van der Waals surface area (Å²) < 4.78 is 0. The zero-order valence-corrected chi connectivity index (χ0v) is 16.1. The van der Waals surface area contributed by atoms with Crippen molar-refractivity contribution in [2.24, 2.45) is 23.2 Å². The molecule has 0 spiro atoms. The molecule has 2 saturated carbocycles. The predicted molar refractivity (Wildman–Crippen MR) is 100 cm³/mol. The maximum atomic E-state index is 11.3. The van der Waals surface area contributed by atoms with Crippen molar-refractivity contribution in [2.75, 3.05) is 0 Å². The van der Waals surface area contributed by atoms with Gasteiger partial charge in [-0.3, -0.25) is 0 Å². The fourth-order valence-corrected chi connectivity index (χ4v) is 6.83. The second-order valence-electron chi connectivity index (χ2n) is 8.57. The minimum atomic E-state index is -0.679. The Bertz CT molecular complexity index is 684. The number of fused-ring (bicyclic) bond motifs is 5. The molecule has 130 valence electrons. The average Bonchev–Trinajstić information content (AvgIpc) is 2.79. The third kappa shape index (κ3) is 2.17. The van der Waals surface area contributed by atoms with Gasteiger partial charge in [0.2, 0.25) is 0 Å². The minimum Gasteiger partial charge on any atom is -0.508 e. The number of aromatic hydroxyl groups is 1. The zero-order chi connectivity index (χ0) is 17.1. The van der Waals surface area contributed by atoms with E-state index in [4.69, 9.17) is 0 Å². The molecule has 2 fully saturated rings. The number of benzene rings is 1. The molecule has 0 unspecified atom stereocenters. The molecule has 24 heavy (non-hydrogen) atoms. The minimum absolute atomic E-state index is 0.0267. The smallest absolute Gasteiger partial charge is 0.115 e. The molecule has 0 aromatic heterocycles. The molecule has 0 aliphatic heterocycles. The quantitative estimate of drug-likeness (QED) is 0.697. The lowest BCUT2D eigenvalue weighted by Gasteiger charge is -2.54. The van der Waals surface area contributed by atoms with Gasteiger partial charge in [-0.2, -0.15) is 0 Å². The van der Waals surface area contributed by atoms with Gasteiger partial charge >= 0.3 is 0 Å². The number of hydrogen-bond donors (Lipinski definition) is 2. The number of phenols is 1. The van der Waals surface area contributed by atoms with Gasteiger partial charge in [-0.1, -0.05) is 35.8 Å². The fourth-order valence-electron chi connectivity index (χ4n) is 6.40. The van der Waals surface area contributed by atoms with Gasteiger partial charge in [0.05, 0.1) is 5.60 Å². The summed E-state index contributed by atoms with van der Waals surface area (Å²) in [5, 5.41) is 21.1. The van der Waals surface area contributed by atoms with Crippen LogP contribution in [0.25, 0.3) is 0 Å². The van der Waals surface area contributed by atoms with Crippen LogP contribution < -0.4 is 0 Å². The highest BCUT2D eigenvalue weighted by Gasteiger charge is 2.61. The molecule has 2 nitrogen and oxygen atoms in total. The van der Waals surface area contributed by atoms with Crippen LogP contribution in [0.15, 0.2) is 29.3 Å². The monoisotopic (exact) mass is 390 g/mol. The van der Waals surface area contributed by atoms with E-state index in [1.807, 2.05) is 23.2 Å². The van der Waals surface area contributed by atoms with Gasteiger partial charge in [0.25, 0.3) is 0 Å². The van der Waals surface area contributed by atoms with Crippen molar-refractivity contribution in [2.45, 2.75) is 57.5 Å². The molecule has 1 aromatic carbocycles. The second kappa shape index (κ2) is 5.60. The summed E-state index contributed by atoms with van der Waals surface area (Å²) in [4.78, 5) is 1.84. The summed E-state index contributed by atoms with van der Waals surface area (Å²) in [6.45, 7) is 4.68. The van der Waals surface area contributed by atoms with Crippen LogP contribution in [0, 0.1) is 23.2 Å². The van der Waals surface area contributed by atoms with Gasteiger partial charge in [-0.05, 0) is 90.1 Å². The summed E-state index contributed by atoms with van der Waals surface area (Å²) in [7, 11) is 0. The van der Waals surface area contributed by atoms with Crippen LogP contribution in [0.1, 0.15) is 56.6 Å². The lowest BCUT2D eigenvalue weighted by atomic mass is 9.51. The second-order valence-corrected chi connectivity index (χ2v) is 9.10. The SMILES string of the molecule is C[C@@H]1Cc2cc(O)ccc2[C@H]2CC[C@@]3(C)[C@@H](CC[C@@]3(O)/C=C\Br)[C@H]12. The number of hydrogen-bond acceptors (Lipinski definition) is 2. The van der Waals surface area contributed by atoms with E-state index >= 15 is 0 Å². The molecule has 0 amide bonds. The van der Waals surface area contributed by atoms with Gasteiger partial charge in [-0.15, -0.1) is 0 Å². The fraction of sp³-hybridized carbons (Fsp3) is 0.619. The predicted octanol–water partition coefficient (Wildman–Crippen LogP) is 5.13. The summed E-state index contributed by atoms with van der Waals surface area (Å²) in [5.74, 6) is 2.78. The van der Waals surface area contributed by atoms with E-state index < -0.39 is 5.60 Å². The van der Waals surface area contributed by atoms with E-state index in [1.54, 1.807) is 0 Å². The molecule has 0 bridgehead atoms. The van der Waals surface area contributed by atoms with E-state index in [1.165, 1.54) is 11.1 Å². The van der Waals surface area contributed by atoms with Crippen molar-refractivity contribution in [3.63, 3.8) is 0 Å². The highest BCUT2D eigenvalue weighted by Crippen LogP contribution is 2.65. The number of rotatable bonds is 1. The third-order valence-electron chi connectivity index (χ3n) is 7.61. The number of aliphatic hydroxyl groups is 1. The Morgan fingerprint density at radius 3 is 2.79 bits per heavy atom. The van der Waals surface area contributed by atoms with Gasteiger partial charge in [-0.25, -0.2) is 0 Å². The van der Waals surface area contributed by atoms with E-state index in [0.29, 0.717) is 29.4 Å². The lowest BCUT2D eigenvalue weighted by Crippen LogP contribution is -2.51. The molecule has 4 rings (SSSR count). The Morgan fingerprint density at radius 1 is 1.25 bits per heavy atom. The first-order valence-electron chi connectivity index (χ1n) is 9.22. The van der Waals surface area contributed by atoms with Crippen LogP contribution in [0.2, 0.25) is 0 Å². The molecule has 0 radical (unpaired) electrons. The van der Waals surface area contributed by atoms with Gasteiger partial charge in [0, 0.05) is 5.41 Å². The zero-order valence-electron chi connectivity index (χ0n) is 14.5. The van der Waals surface area contributed by atoms with Crippen LogP contribution in [-0.2, 0) is 6.42 Å². The molecular weight excluding hydrogens is 364 g/mol. The Labute approximate surface area is 153 Å². The lowest BCUT2D eigenvalue weighted by molar-refractivity contribution is -0.0790. The summed E-state index contributed by atoms with van der Waals surface area (Å²) in [5.41, 5.74) is 2.08. The van der Waals surface area contributed by atoms with Crippen LogP contribution >= 0.6 is 15.9 Å². The summed E-state index contributed by atoms with van der Waals surface area (Å²) in [6, 6.07) is 5.96. The van der Waals surface area contributed by atoms with E-state index in [2.05, 4.69) is 35.8 Å². The first-order valence-corrected chi connectivity index (χ1v) is 10.1. The topological polar surface area (TPSA) is 40.5 Å². The molecule has 1 aromatic rings. The molecule has 0 heterocycles. The molecular formula is C21H27BrO2. The Balaban J connectivity index is 1.75. The van der Waals surface area contributed by atoms with Crippen molar-refractivity contribution >= 4 is 15.9 Å². The Hall–Kier alpha value is -0.800. The number of halogens is 1. The highest BCUT2D eigenvalue weighted by atomic mass is 79.9. The molecule has 6 atom stereocenters. The van der Waals surface area contributed by atoms with Crippen molar-refractivity contribution < 1.29 is 10.2 Å². The van der Waals surface area contributed by atoms with E-state index in [-0.39, 0.29) is 5.41 Å². The van der Waals surface area contributed by atoms with Crippen LogP contribution in [-0.4, -0.2) is 15.8 Å². The molecule has 3 aliphatic carbocycles. The Kier molecular flexibility index (Phi) is 3.89. The number of phenolic OH excluding ortho intramolecular Hbond substituents is 1. The van der Waals surface area contributed by atoms with Crippen molar-refractivity contribution in [1.82, 2.24) is 0 Å².